The van der Waals surface area contributed by atoms with Crippen molar-refractivity contribution in [2.75, 3.05) is 62.8 Å². The third kappa shape index (κ3) is 6.72. The fourth-order valence-corrected chi connectivity index (χ4v) is 6.24. The number of nitrogens with one attached hydrogen (secondary N) is 2. The van der Waals surface area contributed by atoms with Crippen LogP contribution in [0.1, 0.15) is 58.8 Å². The molecule has 3 fully saturated rings. The lowest BCUT2D eigenvalue weighted by atomic mass is 9.88. The van der Waals surface area contributed by atoms with Crippen molar-refractivity contribution >= 4 is 35.0 Å². The number of ether oxygens (including phenoxy) is 2. The molecule has 3 aliphatic heterocycles. The second-order valence-corrected chi connectivity index (χ2v) is 12.4. The number of hydrogen-bond donors (Lipinski definition) is 2. The van der Waals surface area contributed by atoms with E-state index in [-0.39, 0.29) is 41.5 Å². The molecule has 1 aliphatic carbocycles. The van der Waals surface area contributed by atoms with Gasteiger partial charge >= 0.3 is 0 Å². The molecule has 0 bridgehead atoms. The molecule has 42 heavy (non-hydrogen) atoms. The summed E-state index contributed by atoms with van der Waals surface area (Å²) in [4.78, 5) is 57.6. The van der Waals surface area contributed by atoms with E-state index in [2.05, 4.69) is 10.6 Å². The first-order valence-electron chi connectivity index (χ1n) is 15.4. The zero-order valence-corrected chi connectivity index (χ0v) is 25.2. The maximum atomic E-state index is 14.0. The Bertz CT molecular complexity index is 1180. The summed E-state index contributed by atoms with van der Waals surface area (Å²) in [7, 11) is 1.64. The van der Waals surface area contributed by atoms with Gasteiger partial charge in [0.25, 0.3) is 5.91 Å². The largest absolute Gasteiger partial charge is 0.476 e. The van der Waals surface area contributed by atoms with Gasteiger partial charge in [0.05, 0.1) is 17.5 Å². The van der Waals surface area contributed by atoms with Crippen LogP contribution in [0.5, 0.6) is 5.75 Å². The van der Waals surface area contributed by atoms with E-state index < -0.39 is 5.60 Å². The number of methoxy groups -OCH3 is 1. The highest BCUT2D eigenvalue weighted by Crippen LogP contribution is 2.43. The molecular weight excluding hydrogens is 538 g/mol. The number of benzene rings is 1. The van der Waals surface area contributed by atoms with Crippen molar-refractivity contribution in [1.82, 2.24) is 15.5 Å². The third-order valence-electron chi connectivity index (χ3n) is 8.66. The number of carbonyl (C=O) groups excluding carboxylic acids is 4. The average Bonchev–Trinajstić information content (AvgIpc) is 3.73. The molecular formula is C31H45N5O6. The van der Waals surface area contributed by atoms with E-state index in [4.69, 9.17) is 9.47 Å². The average molecular weight is 584 g/mol. The minimum absolute atomic E-state index is 0.00399. The summed E-state index contributed by atoms with van der Waals surface area (Å²) in [5, 5.41) is 6.32. The molecule has 0 spiro atoms. The highest BCUT2D eigenvalue weighted by atomic mass is 16.5. The van der Waals surface area contributed by atoms with Crippen LogP contribution < -0.4 is 25.2 Å². The van der Waals surface area contributed by atoms with E-state index in [1.165, 1.54) is 0 Å². The summed E-state index contributed by atoms with van der Waals surface area (Å²) in [6.45, 7) is 7.61. The van der Waals surface area contributed by atoms with E-state index >= 15 is 0 Å². The van der Waals surface area contributed by atoms with Gasteiger partial charge in [-0.15, -0.1) is 0 Å². The van der Waals surface area contributed by atoms with Crippen LogP contribution >= 0.6 is 0 Å². The summed E-state index contributed by atoms with van der Waals surface area (Å²) < 4.78 is 11.3. The van der Waals surface area contributed by atoms with Crippen molar-refractivity contribution < 1.29 is 28.7 Å². The van der Waals surface area contributed by atoms with Gasteiger partial charge in [-0.25, -0.2) is 0 Å². The summed E-state index contributed by atoms with van der Waals surface area (Å²) in [6.07, 6.45) is 5.26. The second-order valence-electron chi connectivity index (χ2n) is 12.4. The smallest absolute Gasteiger partial charge is 0.270 e. The highest BCUT2D eigenvalue weighted by molar-refractivity contribution is 6.04. The normalized spacial score (nSPS) is 23.4. The van der Waals surface area contributed by atoms with Crippen molar-refractivity contribution in [3.8, 4) is 5.75 Å². The summed E-state index contributed by atoms with van der Waals surface area (Å²) in [5.41, 5.74) is 0.431. The fraction of sp³-hybridized carbons (Fsp3) is 0.677. The van der Waals surface area contributed by atoms with Gasteiger partial charge < -0.3 is 34.8 Å². The van der Waals surface area contributed by atoms with Crippen LogP contribution in [0.3, 0.4) is 0 Å². The lowest BCUT2D eigenvalue weighted by Gasteiger charge is -2.39. The van der Waals surface area contributed by atoms with Crippen LogP contribution in [0.2, 0.25) is 0 Å². The predicted molar refractivity (Wildman–Crippen MR) is 158 cm³/mol. The molecule has 1 aromatic rings. The van der Waals surface area contributed by atoms with E-state index in [0.29, 0.717) is 70.0 Å². The molecule has 0 radical (unpaired) electrons. The Hall–Kier alpha value is -3.18. The molecule has 3 heterocycles. The molecule has 4 aliphatic rings. The molecule has 11 heteroatoms. The number of anilines is 2. The van der Waals surface area contributed by atoms with Crippen LogP contribution in [0.15, 0.2) is 18.2 Å². The predicted octanol–water partition coefficient (Wildman–Crippen LogP) is 2.08. The summed E-state index contributed by atoms with van der Waals surface area (Å²) in [5.74, 6) is 0.0195. The Morgan fingerprint density at radius 2 is 1.93 bits per heavy atom. The van der Waals surface area contributed by atoms with E-state index in [1.54, 1.807) is 25.9 Å². The van der Waals surface area contributed by atoms with E-state index in [0.717, 1.165) is 37.9 Å². The van der Waals surface area contributed by atoms with Gasteiger partial charge in [0.15, 0.2) is 5.60 Å². The standard InChI is InChI=1S/C31H45N5O6/c1-31(2)30(40)35(15-6-16-41-3)25-18-24(10-11-26(25)42-31)36(23-8-9-23)29(39)22-17-21(19-32-20-22)28(38)33-12-5-14-34-13-4-7-27(34)37/h10-11,18,21-23,32H,4-9,12-17,19-20H2,1-3H3,(H,33,38)/t21-,22+/m0/s1. The number of likely N-dealkylation sites (tertiary alicyclic amines) is 1. The third-order valence-corrected chi connectivity index (χ3v) is 8.66. The molecule has 5 rings (SSSR count). The van der Waals surface area contributed by atoms with Gasteiger partial charge in [-0.2, -0.15) is 0 Å². The van der Waals surface area contributed by atoms with Gasteiger partial charge in [-0.1, -0.05) is 0 Å². The maximum Gasteiger partial charge on any atom is 0.270 e. The maximum absolute atomic E-state index is 14.0. The molecule has 0 unspecified atom stereocenters. The monoisotopic (exact) mass is 583 g/mol. The zero-order valence-electron chi connectivity index (χ0n) is 25.2. The highest BCUT2D eigenvalue weighted by Gasteiger charge is 2.43. The van der Waals surface area contributed by atoms with Gasteiger partial charge in [0.2, 0.25) is 17.7 Å². The van der Waals surface area contributed by atoms with Crippen molar-refractivity contribution in [2.45, 2.75) is 70.4 Å². The Labute approximate surface area is 248 Å². The Morgan fingerprint density at radius 3 is 2.64 bits per heavy atom. The van der Waals surface area contributed by atoms with Crippen LogP contribution in [0, 0.1) is 11.8 Å². The molecule has 11 nitrogen and oxygen atoms in total. The molecule has 4 amide bonds. The number of piperidine rings is 1. The Balaban J connectivity index is 1.25. The molecule has 1 saturated carbocycles. The number of hydrogen-bond acceptors (Lipinski definition) is 7. The quantitative estimate of drug-likeness (QED) is 0.362. The SMILES string of the molecule is COCCCN1C(=O)C(C)(C)Oc2ccc(N(C(=O)[C@H]3CNC[C@@H](C(=O)NCCCN4CCCC4=O)C3)C3CC3)cc21. The second kappa shape index (κ2) is 13.0. The lowest BCUT2D eigenvalue weighted by Crippen LogP contribution is -2.53. The summed E-state index contributed by atoms with van der Waals surface area (Å²) >= 11 is 0. The van der Waals surface area contributed by atoms with Crippen LogP contribution in [-0.2, 0) is 23.9 Å². The van der Waals surface area contributed by atoms with Gasteiger partial charge in [0.1, 0.15) is 5.75 Å². The van der Waals surface area contributed by atoms with E-state index in [1.807, 2.05) is 28.0 Å². The van der Waals surface area contributed by atoms with Gasteiger partial charge in [-0.3, -0.25) is 19.2 Å². The number of fused-ring (bicyclic) bond motifs is 1. The number of carbonyl (C=O) groups is 4. The topological polar surface area (TPSA) is 121 Å². The molecule has 2 saturated heterocycles. The first-order valence-corrected chi connectivity index (χ1v) is 15.4. The van der Waals surface area contributed by atoms with Gasteiger partial charge in [0, 0.05) is 71.1 Å². The molecule has 2 atom stereocenters. The number of amides is 4. The van der Waals surface area contributed by atoms with E-state index in [9.17, 15) is 19.2 Å². The fourth-order valence-electron chi connectivity index (χ4n) is 6.24. The van der Waals surface area contributed by atoms with Gasteiger partial charge in [-0.05, 0) is 70.6 Å². The number of rotatable bonds is 12. The zero-order chi connectivity index (χ0) is 29.9. The summed E-state index contributed by atoms with van der Waals surface area (Å²) in [6, 6.07) is 5.77. The minimum atomic E-state index is -0.984. The molecule has 2 N–H and O–H groups in total. The van der Waals surface area contributed by atoms with Crippen LogP contribution in [0.25, 0.3) is 0 Å². The van der Waals surface area contributed by atoms with Crippen molar-refractivity contribution in [2.24, 2.45) is 11.8 Å². The Morgan fingerprint density at radius 1 is 1.14 bits per heavy atom. The molecule has 230 valence electrons. The first kappa shape index (κ1) is 30.3. The first-order chi connectivity index (χ1) is 20.2. The lowest BCUT2D eigenvalue weighted by molar-refractivity contribution is -0.132. The molecule has 1 aromatic carbocycles. The Kier molecular flexibility index (Phi) is 9.37. The van der Waals surface area contributed by atoms with Crippen molar-refractivity contribution in [3.63, 3.8) is 0 Å². The molecule has 0 aromatic heterocycles. The van der Waals surface area contributed by atoms with Crippen LogP contribution in [-0.4, -0.2) is 93.2 Å². The minimum Gasteiger partial charge on any atom is -0.476 e. The number of nitrogens with zero attached hydrogens (tertiary/aromatic N) is 3. The van der Waals surface area contributed by atoms with Crippen molar-refractivity contribution in [3.05, 3.63) is 18.2 Å². The van der Waals surface area contributed by atoms with Crippen LogP contribution in [0.4, 0.5) is 11.4 Å². The van der Waals surface area contributed by atoms with Crippen molar-refractivity contribution in [1.29, 1.82) is 0 Å².